The molecule has 0 saturated heterocycles. The third-order valence-corrected chi connectivity index (χ3v) is 2.84. The summed E-state index contributed by atoms with van der Waals surface area (Å²) in [7, 11) is 0. The van der Waals surface area contributed by atoms with Crippen LogP contribution in [0.3, 0.4) is 0 Å². The molecule has 0 saturated carbocycles. The molecular weight excluding hydrogens is 263 g/mol. The van der Waals surface area contributed by atoms with Crippen molar-refractivity contribution in [3.8, 4) is 0 Å². The number of H-pyrrole nitrogens is 1. The van der Waals surface area contributed by atoms with Gasteiger partial charge < -0.3 is 10.3 Å². The Morgan fingerprint density at radius 1 is 1.22 bits per heavy atom. The first-order chi connectivity index (χ1) is 8.53. The predicted octanol–water partition coefficient (Wildman–Crippen LogP) is 3.63. The fraction of sp³-hybridized carbons (Fsp3) is 0.182. The van der Waals surface area contributed by atoms with Crippen molar-refractivity contribution in [2.75, 3.05) is 5.32 Å². The highest BCUT2D eigenvalue weighted by molar-refractivity contribution is 8.00. The second-order valence-corrected chi connectivity index (χ2v) is 4.60. The van der Waals surface area contributed by atoms with Gasteiger partial charge in [-0.2, -0.15) is 13.2 Å². The molecule has 0 radical (unpaired) electrons. The molecule has 18 heavy (non-hydrogen) atoms. The molecule has 0 spiro atoms. The Bertz CT molecular complexity index is 479. The molecule has 0 fully saturated rings. The van der Waals surface area contributed by atoms with Crippen molar-refractivity contribution in [2.45, 2.75) is 16.9 Å². The maximum Gasteiger partial charge on any atom is 0.446 e. The summed E-state index contributed by atoms with van der Waals surface area (Å²) in [5.41, 5.74) is -3.50. The average molecular weight is 273 g/mol. The molecule has 0 aliphatic carbocycles. The van der Waals surface area contributed by atoms with E-state index in [0.717, 1.165) is 11.5 Å². The average Bonchev–Trinajstić information content (AvgIpc) is 2.79. The van der Waals surface area contributed by atoms with Crippen LogP contribution >= 0.6 is 11.8 Å². The minimum atomic E-state index is -4.25. The molecule has 0 atom stereocenters. The molecule has 7 heteroatoms. The molecule has 2 N–H and O–H groups in total. The summed E-state index contributed by atoms with van der Waals surface area (Å²) in [5, 5.41) is 3.05. The van der Waals surface area contributed by atoms with E-state index < -0.39 is 5.51 Å². The number of hydrogen-bond acceptors (Lipinski definition) is 3. The number of aromatic amines is 1. The van der Waals surface area contributed by atoms with Crippen LogP contribution in [0.5, 0.6) is 0 Å². The number of aromatic nitrogens is 2. The van der Waals surface area contributed by atoms with E-state index in [-0.39, 0.29) is 16.7 Å². The van der Waals surface area contributed by atoms with Gasteiger partial charge >= 0.3 is 5.51 Å². The number of nitrogens with zero attached hydrogens (tertiary/aromatic N) is 1. The van der Waals surface area contributed by atoms with Gasteiger partial charge in [-0.3, -0.25) is 0 Å². The number of halogens is 3. The fourth-order valence-electron chi connectivity index (χ4n) is 1.35. The summed E-state index contributed by atoms with van der Waals surface area (Å²) in [4.78, 5) is 7.12. The maximum absolute atomic E-state index is 12.1. The van der Waals surface area contributed by atoms with Crippen molar-refractivity contribution in [3.63, 3.8) is 0 Å². The number of alkyl halides is 3. The van der Waals surface area contributed by atoms with Crippen LogP contribution in [0.1, 0.15) is 5.82 Å². The molecular formula is C11H10F3N3S. The van der Waals surface area contributed by atoms with Gasteiger partial charge in [-0.25, -0.2) is 4.98 Å². The van der Waals surface area contributed by atoms with Crippen LogP contribution in [0.25, 0.3) is 0 Å². The Hall–Kier alpha value is -1.63. The Morgan fingerprint density at radius 3 is 2.50 bits per heavy atom. The first-order valence-corrected chi connectivity index (χ1v) is 5.92. The van der Waals surface area contributed by atoms with Crippen molar-refractivity contribution in [2.24, 2.45) is 0 Å². The predicted molar refractivity (Wildman–Crippen MR) is 64.3 cm³/mol. The number of benzene rings is 1. The van der Waals surface area contributed by atoms with Gasteiger partial charge in [0.1, 0.15) is 5.82 Å². The van der Waals surface area contributed by atoms with Gasteiger partial charge in [-0.05, 0) is 36.0 Å². The van der Waals surface area contributed by atoms with E-state index in [0.29, 0.717) is 6.54 Å². The van der Waals surface area contributed by atoms with E-state index in [1.165, 1.54) is 12.1 Å². The Labute approximate surface area is 106 Å². The zero-order chi connectivity index (χ0) is 13.0. The Morgan fingerprint density at radius 2 is 1.94 bits per heavy atom. The summed E-state index contributed by atoms with van der Waals surface area (Å²) >= 11 is -0.121. The van der Waals surface area contributed by atoms with Gasteiger partial charge in [-0.15, -0.1) is 0 Å². The quantitative estimate of drug-likeness (QED) is 0.836. The van der Waals surface area contributed by atoms with Gasteiger partial charge in [0.05, 0.1) is 6.54 Å². The van der Waals surface area contributed by atoms with Crippen molar-refractivity contribution in [1.82, 2.24) is 9.97 Å². The maximum atomic E-state index is 12.1. The van der Waals surface area contributed by atoms with Crippen LogP contribution in [0.2, 0.25) is 0 Å². The van der Waals surface area contributed by atoms with Crippen LogP contribution < -0.4 is 5.32 Å². The number of rotatable bonds is 4. The van der Waals surface area contributed by atoms with Gasteiger partial charge in [0, 0.05) is 23.0 Å². The minimum absolute atomic E-state index is 0.121. The summed E-state index contributed by atoms with van der Waals surface area (Å²) < 4.78 is 36.3. The molecule has 1 aromatic heterocycles. The lowest BCUT2D eigenvalue weighted by atomic mass is 10.3. The second-order valence-electron chi connectivity index (χ2n) is 3.46. The van der Waals surface area contributed by atoms with Crippen LogP contribution in [0.4, 0.5) is 18.9 Å². The third-order valence-electron chi connectivity index (χ3n) is 2.10. The lowest BCUT2D eigenvalue weighted by Gasteiger charge is -2.07. The van der Waals surface area contributed by atoms with E-state index in [1.807, 2.05) is 0 Å². The molecule has 0 aliphatic heterocycles. The molecule has 96 valence electrons. The summed E-state index contributed by atoms with van der Waals surface area (Å²) in [6, 6.07) is 6.08. The molecule has 0 unspecified atom stereocenters. The van der Waals surface area contributed by atoms with Crippen LogP contribution in [-0.4, -0.2) is 15.5 Å². The topological polar surface area (TPSA) is 40.7 Å². The fourth-order valence-corrected chi connectivity index (χ4v) is 1.89. The van der Waals surface area contributed by atoms with Crippen molar-refractivity contribution in [1.29, 1.82) is 0 Å². The molecule has 0 bridgehead atoms. The number of thioether (sulfide) groups is 1. The highest BCUT2D eigenvalue weighted by atomic mass is 32.2. The van der Waals surface area contributed by atoms with Crippen LogP contribution in [0.15, 0.2) is 41.6 Å². The molecule has 1 heterocycles. The number of hydrogen-bond donors (Lipinski definition) is 2. The lowest BCUT2D eigenvalue weighted by molar-refractivity contribution is -0.0328. The van der Waals surface area contributed by atoms with E-state index >= 15 is 0 Å². The third kappa shape index (κ3) is 3.99. The van der Waals surface area contributed by atoms with Crippen molar-refractivity contribution >= 4 is 17.4 Å². The van der Waals surface area contributed by atoms with Crippen LogP contribution in [-0.2, 0) is 6.54 Å². The normalized spacial score (nSPS) is 11.5. The van der Waals surface area contributed by atoms with E-state index in [9.17, 15) is 13.2 Å². The monoisotopic (exact) mass is 273 g/mol. The first kappa shape index (κ1) is 12.8. The Balaban J connectivity index is 1.91. The number of imidazole rings is 1. The highest BCUT2D eigenvalue weighted by Crippen LogP contribution is 2.36. The lowest BCUT2D eigenvalue weighted by Crippen LogP contribution is -2.01. The van der Waals surface area contributed by atoms with Gasteiger partial charge in [0.15, 0.2) is 0 Å². The molecule has 2 rings (SSSR count). The first-order valence-electron chi connectivity index (χ1n) is 5.11. The minimum Gasteiger partial charge on any atom is -0.378 e. The number of nitrogens with one attached hydrogen (secondary N) is 2. The highest BCUT2D eigenvalue weighted by Gasteiger charge is 2.28. The second kappa shape index (κ2) is 5.34. The van der Waals surface area contributed by atoms with Gasteiger partial charge in [0.25, 0.3) is 0 Å². The zero-order valence-electron chi connectivity index (χ0n) is 9.16. The van der Waals surface area contributed by atoms with Crippen LogP contribution in [0, 0.1) is 0 Å². The molecule has 2 aromatic rings. The summed E-state index contributed by atoms with van der Waals surface area (Å²) in [6.07, 6.45) is 3.35. The molecule has 0 aliphatic rings. The molecule has 1 aromatic carbocycles. The Kier molecular flexibility index (Phi) is 3.81. The zero-order valence-corrected chi connectivity index (χ0v) is 9.98. The number of anilines is 1. The summed E-state index contributed by atoms with van der Waals surface area (Å²) in [6.45, 7) is 0.499. The summed E-state index contributed by atoms with van der Waals surface area (Å²) in [5.74, 6) is 0.767. The molecule has 3 nitrogen and oxygen atoms in total. The smallest absolute Gasteiger partial charge is 0.378 e. The largest absolute Gasteiger partial charge is 0.446 e. The van der Waals surface area contributed by atoms with E-state index in [4.69, 9.17) is 0 Å². The van der Waals surface area contributed by atoms with Gasteiger partial charge in [0.2, 0.25) is 0 Å². The van der Waals surface area contributed by atoms with Gasteiger partial charge in [-0.1, -0.05) is 0 Å². The van der Waals surface area contributed by atoms with Crippen molar-refractivity contribution < 1.29 is 13.2 Å². The van der Waals surface area contributed by atoms with Crippen molar-refractivity contribution in [3.05, 3.63) is 42.5 Å². The standard InChI is InChI=1S/C11H10F3N3S/c12-11(13,14)18-9-3-1-8(2-4-9)17-7-10-15-5-6-16-10/h1-6,17H,7H2,(H,15,16). The van der Waals surface area contributed by atoms with E-state index in [1.54, 1.807) is 24.5 Å². The molecule has 0 amide bonds. The van der Waals surface area contributed by atoms with E-state index in [2.05, 4.69) is 15.3 Å². The SMILES string of the molecule is FC(F)(F)Sc1ccc(NCc2ncc[nH]2)cc1.